The topological polar surface area (TPSA) is 71.5 Å². The maximum Gasteiger partial charge on any atom is 0.301 e. The summed E-state index contributed by atoms with van der Waals surface area (Å²) in [5.74, 6) is 5.90. The summed E-state index contributed by atoms with van der Waals surface area (Å²) in [6.45, 7) is 3.51. The molecule has 1 amide bonds. The maximum absolute atomic E-state index is 11.6. The zero-order valence-corrected chi connectivity index (χ0v) is 12.8. The fourth-order valence-corrected chi connectivity index (χ4v) is 3.20. The molecule has 1 fully saturated rings. The van der Waals surface area contributed by atoms with E-state index in [0.29, 0.717) is 11.8 Å². The molecule has 0 unspecified atom stereocenters. The first kappa shape index (κ1) is 14.3. The minimum Gasteiger partial charge on any atom is -0.454 e. The van der Waals surface area contributed by atoms with Crippen LogP contribution in [-0.2, 0) is 13.1 Å². The summed E-state index contributed by atoms with van der Waals surface area (Å²) >= 11 is 1.77. The number of furan rings is 1. The molecule has 0 aliphatic heterocycles. The van der Waals surface area contributed by atoms with E-state index in [1.165, 1.54) is 17.7 Å². The van der Waals surface area contributed by atoms with E-state index < -0.39 is 0 Å². The first-order valence-electron chi connectivity index (χ1n) is 7.04. The fourth-order valence-electron chi connectivity index (χ4n) is 2.47. The van der Waals surface area contributed by atoms with E-state index in [9.17, 15) is 4.79 Å². The number of hydrogen-bond acceptors (Lipinski definition) is 5. The third kappa shape index (κ3) is 3.34. The second-order valence-electron chi connectivity index (χ2n) is 5.41. The molecule has 0 aromatic carbocycles. The summed E-state index contributed by atoms with van der Waals surface area (Å²) in [6, 6.07) is 6.78. The summed E-state index contributed by atoms with van der Waals surface area (Å²) in [6.07, 6.45) is 2.47. The quantitative estimate of drug-likeness (QED) is 0.488. The van der Waals surface area contributed by atoms with Crippen molar-refractivity contribution < 1.29 is 9.21 Å². The Hall–Kier alpha value is -1.63. The number of nitrogens with two attached hydrogens (primary N) is 1. The fraction of sp³-hybridized carbons (Fsp3) is 0.400. The molecule has 0 atom stereocenters. The van der Waals surface area contributed by atoms with Gasteiger partial charge in [-0.05, 0) is 37.3 Å². The lowest BCUT2D eigenvalue weighted by atomic mass is 10.2. The number of carbonyl (C=O) groups excluding carboxylic acids is 1. The Morgan fingerprint density at radius 2 is 2.33 bits per heavy atom. The molecular weight excluding hydrogens is 286 g/mol. The Morgan fingerprint density at radius 1 is 1.52 bits per heavy atom. The molecule has 1 aliphatic carbocycles. The lowest BCUT2D eigenvalue weighted by Gasteiger charge is -2.19. The van der Waals surface area contributed by atoms with Gasteiger partial charge in [-0.2, -0.15) is 0 Å². The largest absolute Gasteiger partial charge is 0.454 e. The van der Waals surface area contributed by atoms with Crippen LogP contribution in [0.15, 0.2) is 28.0 Å². The van der Waals surface area contributed by atoms with Crippen LogP contribution in [0.1, 0.15) is 39.6 Å². The Balaban J connectivity index is 1.72. The second-order valence-corrected chi connectivity index (χ2v) is 6.45. The molecule has 0 saturated heterocycles. The van der Waals surface area contributed by atoms with E-state index in [4.69, 9.17) is 10.3 Å². The number of hydrazine groups is 1. The van der Waals surface area contributed by atoms with Crippen molar-refractivity contribution in [2.24, 2.45) is 5.84 Å². The standard InChI is InChI=1S/C15H19N3O2S/c1-10-7-12(20-14(10)15(19)17-16)8-18(11-4-5-11)9-13-3-2-6-21-13/h2-3,6-7,11H,4-5,8-9,16H2,1H3,(H,17,19). The van der Waals surface area contributed by atoms with Gasteiger partial charge in [-0.3, -0.25) is 15.1 Å². The highest BCUT2D eigenvalue weighted by Crippen LogP contribution is 2.31. The molecule has 112 valence electrons. The summed E-state index contributed by atoms with van der Waals surface area (Å²) in [5, 5.41) is 2.10. The molecule has 2 heterocycles. The molecule has 2 aromatic heterocycles. The van der Waals surface area contributed by atoms with Gasteiger partial charge in [0.1, 0.15) is 5.76 Å². The van der Waals surface area contributed by atoms with Gasteiger partial charge < -0.3 is 4.42 Å². The third-order valence-corrected chi connectivity index (χ3v) is 4.53. The van der Waals surface area contributed by atoms with Crippen molar-refractivity contribution in [3.63, 3.8) is 0 Å². The van der Waals surface area contributed by atoms with E-state index in [-0.39, 0.29) is 5.91 Å². The monoisotopic (exact) mass is 305 g/mol. The van der Waals surface area contributed by atoms with Crippen LogP contribution in [0.3, 0.4) is 0 Å². The zero-order chi connectivity index (χ0) is 14.8. The van der Waals surface area contributed by atoms with E-state index >= 15 is 0 Å². The van der Waals surface area contributed by atoms with Gasteiger partial charge >= 0.3 is 5.91 Å². The summed E-state index contributed by atoms with van der Waals surface area (Å²) in [5.41, 5.74) is 2.93. The van der Waals surface area contributed by atoms with Crippen molar-refractivity contribution >= 4 is 17.2 Å². The minimum atomic E-state index is -0.380. The molecule has 0 spiro atoms. The number of thiophene rings is 1. The normalized spacial score (nSPS) is 14.6. The first-order chi connectivity index (χ1) is 10.2. The number of nitrogen functional groups attached to an aromatic ring is 1. The Morgan fingerprint density at radius 3 is 2.95 bits per heavy atom. The molecule has 1 saturated carbocycles. The smallest absolute Gasteiger partial charge is 0.301 e. The summed E-state index contributed by atoms with van der Waals surface area (Å²) in [4.78, 5) is 15.4. The Bertz CT molecular complexity index is 617. The van der Waals surface area contributed by atoms with Crippen LogP contribution in [0.4, 0.5) is 0 Å². The highest BCUT2D eigenvalue weighted by atomic mass is 32.1. The van der Waals surface area contributed by atoms with Crippen LogP contribution >= 0.6 is 11.3 Å². The molecule has 0 bridgehead atoms. The average molecular weight is 305 g/mol. The average Bonchev–Trinajstić information content (AvgIpc) is 3.08. The second kappa shape index (κ2) is 6.01. The Kier molecular flexibility index (Phi) is 4.10. The Labute approximate surface area is 127 Å². The minimum absolute atomic E-state index is 0.305. The van der Waals surface area contributed by atoms with E-state index in [1.54, 1.807) is 11.3 Å². The summed E-state index contributed by atoms with van der Waals surface area (Å²) in [7, 11) is 0. The number of rotatable bonds is 6. The van der Waals surface area contributed by atoms with E-state index in [0.717, 1.165) is 24.4 Å². The zero-order valence-electron chi connectivity index (χ0n) is 12.0. The van der Waals surface area contributed by atoms with Crippen molar-refractivity contribution in [3.8, 4) is 0 Å². The van der Waals surface area contributed by atoms with Crippen molar-refractivity contribution in [2.45, 2.75) is 38.9 Å². The third-order valence-electron chi connectivity index (χ3n) is 3.67. The van der Waals surface area contributed by atoms with Crippen molar-refractivity contribution in [3.05, 3.63) is 45.5 Å². The number of carbonyl (C=O) groups is 1. The molecule has 2 aromatic rings. The number of hydrogen-bond donors (Lipinski definition) is 2. The van der Waals surface area contributed by atoms with Crippen molar-refractivity contribution in [2.75, 3.05) is 0 Å². The SMILES string of the molecule is Cc1cc(CN(Cc2cccs2)C2CC2)oc1C(=O)NN. The van der Waals surface area contributed by atoms with Gasteiger partial charge in [0.15, 0.2) is 5.76 Å². The van der Waals surface area contributed by atoms with Crippen LogP contribution in [0.2, 0.25) is 0 Å². The molecule has 5 nitrogen and oxygen atoms in total. The van der Waals surface area contributed by atoms with Crippen LogP contribution in [0, 0.1) is 6.92 Å². The molecule has 6 heteroatoms. The first-order valence-corrected chi connectivity index (χ1v) is 7.92. The predicted octanol–water partition coefficient (Wildman–Crippen LogP) is 2.42. The van der Waals surface area contributed by atoms with Crippen molar-refractivity contribution in [1.82, 2.24) is 10.3 Å². The summed E-state index contributed by atoms with van der Waals surface area (Å²) < 4.78 is 5.66. The van der Waals surface area contributed by atoms with Gasteiger partial charge in [-0.1, -0.05) is 6.07 Å². The van der Waals surface area contributed by atoms with E-state index in [1.807, 2.05) is 13.0 Å². The highest BCUT2D eigenvalue weighted by molar-refractivity contribution is 7.09. The molecule has 3 N–H and O–H groups in total. The van der Waals surface area contributed by atoms with Crippen LogP contribution < -0.4 is 11.3 Å². The predicted molar refractivity (Wildman–Crippen MR) is 81.7 cm³/mol. The number of aryl methyl sites for hydroxylation is 1. The van der Waals surface area contributed by atoms with Gasteiger partial charge in [0.25, 0.3) is 0 Å². The number of nitrogens with zero attached hydrogens (tertiary/aromatic N) is 1. The molecule has 0 radical (unpaired) electrons. The van der Waals surface area contributed by atoms with Gasteiger partial charge in [0, 0.05) is 23.0 Å². The van der Waals surface area contributed by atoms with Crippen LogP contribution in [-0.4, -0.2) is 16.8 Å². The van der Waals surface area contributed by atoms with Crippen molar-refractivity contribution in [1.29, 1.82) is 0 Å². The number of amides is 1. The van der Waals surface area contributed by atoms with Gasteiger partial charge in [-0.15, -0.1) is 11.3 Å². The van der Waals surface area contributed by atoms with Crippen LogP contribution in [0.25, 0.3) is 0 Å². The lowest BCUT2D eigenvalue weighted by Crippen LogP contribution is -2.30. The number of nitrogens with one attached hydrogen (secondary N) is 1. The molecule has 3 rings (SSSR count). The van der Waals surface area contributed by atoms with Crippen LogP contribution in [0.5, 0.6) is 0 Å². The maximum atomic E-state index is 11.6. The molecule has 1 aliphatic rings. The molecular formula is C15H19N3O2S. The van der Waals surface area contributed by atoms with Gasteiger partial charge in [0.2, 0.25) is 0 Å². The highest BCUT2D eigenvalue weighted by Gasteiger charge is 2.30. The van der Waals surface area contributed by atoms with E-state index in [2.05, 4.69) is 27.8 Å². The molecule has 21 heavy (non-hydrogen) atoms. The van der Waals surface area contributed by atoms with Gasteiger partial charge in [0.05, 0.1) is 6.54 Å². The van der Waals surface area contributed by atoms with Gasteiger partial charge in [-0.25, -0.2) is 5.84 Å². The lowest BCUT2D eigenvalue weighted by molar-refractivity contribution is 0.0920.